The van der Waals surface area contributed by atoms with Crippen molar-refractivity contribution in [1.82, 2.24) is 5.32 Å². The number of benzene rings is 2. The summed E-state index contributed by atoms with van der Waals surface area (Å²) in [6.45, 7) is 3.46. The van der Waals surface area contributed by atoms with Crippen molar-refractivity contribution in [2.24, 2.45) is 11.8 Å². The third-order valence-corrected chi connectivity index (χ3v) is 6.41. The van der Waals surface area contributed by atoms with Crippen LogP contribution in [-0.4, -0.2) is 28.7 Å². The second-order valence-corrected chi connectivity index (χ2v) is 7.98. The fraction of sp³-hybridized carbons (Fsp3) is 0.286. The Morgan fingerprint density at radius 2 is 1.83 bits per heavy atom. The molecule has 152 valence electrons. The molecule has 3 amide bonds. The van der Waals surface area contributed by atoms with Crippen molar-refractivity contribution in [1.29, 1.82) is 0 Å². The third kappa shape index (κ3) is 2.12. The molecule has 9 nitrogen and oxygen atoms in total. The Kier molecular flexibility index (Phi) is 3.66. The van der Waals surface area contributed by atoms with Gasteiger partial charge in [-0.2, -0.15) is 0 Å². The number of nitro groups is 1. The summed E-state index contributed by atoms with van der Waals surface area (Å²) in [6.07, 6.45) is 0. The topological polar surface area (TPSA) is 122 Å². The van der Waals surface area contributed by atoms with E-state index in [-0.39, 0.29) is 17.3 Å². The fourth-order valence-corrected chi connectivity index (χ4v) is 5.11. The number of amides is 3. The van der Waals surface area contributed by atoms with E-state index in [2.05, 4.69) is 10.6 Å². The van der Waals surface area contributed by atoms with Crippen LogP contribution in [0.1, 0.15) is 18.1 Å². The molecule has 3 heterocycles. The van der Waals surface area contributed by atoms with Crippen LogP contribution in [0.2, 0.25) is 0 Å². The smallest absolute Gasteiger partial charge is 0.271 e. The number of para-hydroxylation sites is 1. The predicted octanol–water partition coefficient (Wildman–Crippen LogP) is 1.85. The SMILES string of the molecule is Cc1ccc([N+](=O)[O-])cc1N1C(=O)[C@H]2[C@H](C)N[C@@]3(C(=O)Nc4ccccc43)[C@@H]2C1=O. The number of nitrogens with one attached hydrogen (secondary N) is 2. The van der Waals surface area contributed by atoms with E-state index in [4.69, 9.17) is 0 Å². The summed E-state index contributed by atoms with van der Waals surface area (Å²) < 4.78 is 0. The number of anilines is 2. The number of nitrogens with zero attached hydrogens (tertiary/aromatic N) is 2. The van der Waals surface area contributed by atoms with E-state index in [1.807, 2.05) is 0 Å². The average molecular weight is 406 g/mol. The molecule has 2 fully saturated rings. The van der Waals surface area contributed by atoms with Gasteiger partial charge in [0.25, 0.3) is 5.69 Å². The summed E-state index contributed by atoms with van der Waals surface area (Å²) in [5.41, 5.74) is 0.423. The van der Waals surface area contributed by atoms with E-state index in [1.54, 1.807) is 38.1 Å². The Morgan fingerprint density at radius 3 is 2.57 bits per heavy atom. The van der Waals surface area contributed by atoms with Crippen LogP contribution < -0.4 is 15.5 Å². The number of hydrogen-bond donors (Lipinski definition) is 2. The lowest BCUT2D eigenvalue weighted by Gasteiger charge is -2.29. The summed E-state index contributed by atoms with van der Waals surface area (Å²) in [6, 6.07) is 10.7. The second-order valence-electron chi connectivity index (χ2n) is 7.98. The van der Waals surface area contributed by atoms with Gasteiger partial charge in [-0.05, 0) is 25.5 Å². The van der Waals surface area contributed by atoms with Gasteiger partial charge >= 0.3 is 0 Å². The molecular formula is C21H18N4O5. The third-order valence-electron chi connectivity index (χ3n) is 6.41. The van der Waals surface area contributed by atoms with Crippen molar-refractivity contribution in [2.45, 2.75) is 25.4 Å². The number of rotatable bonds is 2. The van der Waals surface area contributed by atoms with Gasteiger partial charge in [-0.3, -0.25) is 29.8 Å². The van der Waals surface area contributed by atoms with E-state index in [9.17, 15) is 24.5 Å². The molecule has 30 heavy (non-hydrogen) atoms. The molecule has 0 aromatic heterocycles. The van der Waals surface area contributed by atoms with Crippen molar-refractivity contribution in [3.63, 3.8) is 0 Å². The molecule has 4 atom stereocenters. The van der Waals surface area contributed by atoms with Crippen molar-refractivity contribution in [2.75, 3.05) is 10.2 Å². The minimum absolute atomic E-state index is 0.183. The molecule has 3 aliphatic heterocycles. The van der Waals surface area contributed by atoms with Gasteiger partial charge in [0, 0.05) is 29.4 Å². The Morgan fingerprint density at radius 1 is 1.10 bits per heavy atom. The van der Waals surface area contributed by atoms with Crippen molar-refractivity contribution >= 4 is 34.8 Å². The number of hydrogen-bond acceptors (Lipinski definition) is 6. The maximum Gasteiger partial charge on any atom is 0.271 e. The molecule has 3 aliphatic rings. The first kappa shape index (κ1) is 18.4. The van der Waals surface area contributed by atoms with Crippen molar-refractivity contribution in [3.8, 4) is 0 Å². The van der Waals surface area contributed by atoms with Crippen LogP contribution in [-0.2, 0) is 19.9 Å². The Bertz CT molecular complexity index is 1160. The van der Waals surface area contributed by atoms with Crippen LogP contribution in [0.25, 0.3) is 0 Å². The van der Waals surface area contributed by atoms with Gasteiger partial charge in [0.2, 0.25) is 17.7 Å². The van der Waals surface area contributed by atoms with Crippen LogP contribution >= 0.6 is 0 Å². The van der Waals surface area contributed by atoms with Crippen LogP contribution in [0.15, 0.2) is 42.5 Å². The zero-order valence-corrected chi connectivity index (χ0v) is 16.2. The van der Waals surface area contributed by atoms with E-state index in [0.29, 0.717) is 16.8 Å². The van der Waals surface area contributed by atoms with Gasteiger partial charge in [0.15, 0.2) is 0 Å². The average Bonchev–Trinajstić information content (AvgIpc) is 3.27. The molecule has 0 unspecified atom stereocenters. The number of imide groups is 1. The Hall–Kier alpha value is -3.59. The first-order valence-corrected chi connectivity index (χ1v) is 9.59. The molecule has 2 aromatic rings. The molecule has 2 saturated heterocycles. The van der Waals surface area contributed by atoms with Gasteiger partial charge in [-0.1, -0.05) is 24.3 Å². The second kappa shape index (κ2) is 5.96. The molecule has 2 N–H and O–H groups in total. The summed E-state index contributed by atoms with van der Waals surface area (Å²) in [5.74, 6) is -3.06. The highest BCUT2D eigenvalue weighted by atomic mass is 16.6. The van der Waals surface area contributed by atoms with Gasteiger partial charge in [0.05, 0.1) is 22.4 Å². The highest BCUT2D eigenvalue weighted by molar-refractivity contribution is 6.26. The predicted molar refractivity (Wildman–Crippen MR) is 107 cm³/mol. The minimum Gasteiger partial charge on any atom is -0.324 e. The maximum atomic E-state index is 13.6. The molecule has 1 spiro atoms. The number of carbonyl (C=O) groups excluding carboxylic acids is 3. The molecule has 0 bridgehead atoms. The van der Waals surface area contributed by atoms with E-state index < -0.39 is 40.2 Å². The van der Waals surface area contributed by atoms with Crippen LogP contribution in [0.5, 0.6) is 0 Å². The standard InChI is InChI=1S/C21H18N4O5/c1-10-7-8-12(25(29)30)9-15(10)24-18(26)16-11(2)23-21(17(16)19(24)27)13-5-3-4-6-14(13)22-20(21)28/h3-9,11,16-17,23H,1-2H3,(H,22,28)/t11-,16-,17-,21+/m0/s1. The molecule has 5 rings (SSSR count). The number of non-ortho nitro benzene ring substituents is 1. The maximum absolute atomic E-state index is 13.6. The molecule has 0 saturated carbocycles. The van der Waals surface area contributed by atoms with Gasteiger partial charge < -0.3 is 5.32 Å². The number of nitro benzene ring substituents is 1. The molecule has 0 radical (unpaired) electrons. The van der Waals surface area contributed by atoms with Gasteiger partial charge in [-0.25, -0.2) is 4.90 Å². The lowest BCUT2D eigenvalue weighted by atomic mass is 9.76. The molecule has 0 aliphatic carbocycles. The van der Waals surface area contributed by atoms with E-state index >= 15 is 0 Å². The number of carbonyl (C=O) groups is 3. The van der Waals surface area contributed by atoms with Gasteiger partial charge in [-0.15, -0.1) is 0 Å². The van der Waals surface area contributed by atoms with E-state index in [1.165, 1.54) is 18.2 Å². The number of fused-ring (bicyclic) bond motifs is 4. The lowest BCUT2D eigenvalue weighted by molar-refractivity contribution is -0.384. The highest BCUT2D eigenvalue weighted by Crippen LogP contribution is 2.53. The first-order chi connectivity index (χ1) is 14.3. The van der Waals surface area contributed by atoms with Crippen LogP contribution in [0.4, 0.5) is 17.1 Å². The van der Waals surface area contributed by atoms with Crippen LogP contribution in [0, 0.1) is 28.9 Å². The van der Waals surface area contributed by atoms with E-state index in [0.717, 1.165) is 4.90 Å². The highest BCUT2D eigenvalue weighted by Gasteiger charge is 2.69. The quantitative estimate of drug-likeness (QED) is 0.446. The van der Waals surface area contributed by atoms with Crippen molar-refractivity contribution in [3.05, 3.63) is 63.7 Å². The largest absolute Gasteiger partial charge is 0.324 e. The summed E-state index contributed by atoms with van der Waals surface area (Å²) in [4.78, 5) is 51.8. The Balaban J connectivity index is 1.67. The van der Waals surface area contributed by atoms with Crippen LogP contribution in [0.3, 0.4) is 0 Å². The minimum atomic E-state index is -1.35. The summed E-state index contributed by atoms with van der Waals surface area (Å²) in [5, 5.41) is 17.3. The summed E-state index contributed by atoms with van der Waals surface area (Å²) in [7, 11) is 0. The summed E-state index contributed by atoms with van der Waals surface area (Å²) >= 11 is 0. The lowest BCUT2D eigenvalue weighted by Crippen LogP contribution is -2.53. The monoisotopic (exact) mass is 406 g/mol. The Labute approximate surface area is 171 Å². The molecule has 9 heteroatoms. The van der Waals surface area contributed by atoms with Crippen molar-refractivity contribution < 1.29 is 19.3 Å². The zero-order valence-electron chi connectivity index (χ0n) is 16.2. The fourth-order valence-electron chi connectivity index (χ4n) is 5.11. The number of aryl methyl sites for hydroxylation is 1. The normalized spacial score (nSPS) is 29.3. The first-order valence-electron chi connectivity index (χ1n) is 9.59. The molecular weight excluding hydrogens is 388 g/mol. The zero-order chi connectivity index (χ0) is 21.4. The van der Waals surface area contributed by atoms with Gasteiger partial charge in [0.1, 0.15) is 5.54 Å². The molecule has 2 aromatic carbocycles.